The summed E-state index contributed by atoms with van der Waals surface area (Å²) in [5, 5.41) is 1.23. The highest BCUT2D eigenvalue weighted by atomic mass is 32.2. The molecule has 0 spiro atoms. The minimum atomic E-state index is 0.220. The molecule has 2 heteroatoms. The second-order valence-corrected chi connectivity index (χ2v) is 6.92. The Kier molecular flexibility index (Phi) is 2.94. The molecule has 1 aromatic carbocycles. The van der Waals surface area contributed by atoms with E-state index >= 15 is 0 Å². The fourth-order valence-electron chi connectivity index (χ4n) is 1.71. The topological polar surface area (TPSA) is 12.9 Å². The third kappa shape index (κ3) is 2.56. The SMILES string of the molecule is Cc1cc(SC(C)(C)C)c2ncccc2c1. The van der Waals surface area contributed by atoms with E-state index in [1.54, 1.807) is 0 Å². The average Bonchev–Trinajstić information content (AvgIpc) is 2.14. The Hall–Kier alpha value is -1.02. The molecule has 1 heterocycles. The highest BCUT2D eigenvalue weighted by molar-refractivity contribution is 8.00. The molecule has 0 N–H and O–H groups in total. The average molecular weight is 231 g/mol. The van der Waals surface area contributed by atoms with Crippen LogP contribution >= 0.6 is 11.8 Å². The van der Waals surface area contributed by atoms with Crippen LogP contribution in [0.25, 0.3) is 10.9 Å². The molecule has 2 rings (SSSR count). The van der Waals surface area contributed by atoms with Gasteiger partial charge in [-0.05, 0) is 30.7 Å². The van der Waals surface area contributed by atoms with E-state index in [9.17, 15) is 0 Å². The van der Waals surface area contributed by atoms with E-state index in [1.165, 1.54) is 15.8 Å². The second-order valence-electron chi connectivity index (χ2n) is 5.05. The first-order valence-electron chi connectivity index (χ1n) is 5.50. The minimum absolute atomic E-state index is 0.220. The molecule has 1 nitrogen and oxygen atoms in total. The molecule has 0 amide bonds. The molecule has 0 saturated carbocycles. The van der Waals surface area contributed by atoms with Crippen LogP contribution < -0.4 is 0 Å². The number of hydrogen-bond donors (Lipinski definition) is 0. The second kappa shape index (κ2) is 4.10. The van der Waals surface area contributed by atoms with Gasteiger partial charge in [0.25, 0.3) is 0 Å². The van der Waals surface area contributed by atoms with Crippen LogP contribution in [0.2, 0.25) is 0 Å². The lowest BCUT2D eigenvalue weighted by atomic mass is 10.1. The van der Waals surface area contributed by atoms with Gasteiger partial charge in [-0.15, -0.1) is 11.8 Å². The number of thioether (sulfide) groups is 1. The van der Waals surface area contributed by atoms with Gasteiger partial charge in [0.2, 0.25) is 0 Å². The lowest BCUT2D eigenvalue weighted by Gasteiger charge is -2.18. The summed E-state index contributed by atoms with van der Waals surface area (Å²) in [4.78, 5) is 5.77. The van der Waals surface area contributed by atoms with Gasteiger partial charge in [0.05, 0.1) is 5.52 Å². The number of nitrogens with zero attached hydrogens (tertiary/aromatic N) is 1. The number of benzene rings is 1. The molecule has 16 heavy (non-hydrogen) atoms. The maximum Gasteiger partial charge on any atom is 0.0838 e. The van der Waals surface area contributed by atoms with Gasteiger partial charge in [-0.3, -0.25) is 4.98 Å². The highest BCUT2D eigenvalue weighted by Crippen LogP contribution is 2.36. The van der Waals surface area contributed by atoms with Crippen LogP contribution in [0.3, 0.4) is 0 Å². The number of rotatable bonds is 1. The summed E-state index contributed by atoms with van der Waals surface area (Å²) in [5.74, 6) is 0. The van der Waals surface area contributed by atoms with Gasteiger partial charge < -0.3 is 0 Å². The maximum absolute atomic E-state index is 4.49. The quantitative estimate of drug-likeness (QED) is 0.673. The Balaban J connectivity index is 2.59. The molecule has 1 aromatic heterocycles. The molecule has 0 unspecified atom stereocenters. The largest absolute Gasteiger partial charge is 0.255 e. The minimum Gasteiger partial charge on any atom is -0.255 e. The molecule has 0 aliphatic rings. The van der Waals surface area contributed by atoms with Crippen molar-refractivity contribution in [3.05, 3.63) is 36.0 Å². The van der Waals surface area contributed by atoms with Crippen molar-refractivity contribution in [1.29, 1.82) is 0 Å². The van der Waals surface area contributed by atoms with Crippen LogP contribution in [0.1, 0.15) is 26.3 Å². The van der Waals surface area contributed by atoms with Gasteiger partial charge >= 0.3 is 0 Å². The first kappa shape index (κ1) is 11.5. The zero-order chi connectivity index (χ0) is 11.8. The molecule has 0 saturated heterocycles. The van der Waals surface area contributed by atoms with Crippen molar-refractivity contribution in [2.45, 2.75) is 37.3 Å². The van der Waals surface area contributed by atoms with E-state index in [0.29, 0.717) is 0 Å². The third-order valence-electron chi connectivity index (χ3n) is 2.23. The molecular formula is C14H17NS. The molecular weight excluding hydrogens is 214 g/mol. The lowest BCUT2D eigenvalue weighted by molar-refractivity contribution is 0.803. The lowest BCUT2D eigenvalue weighted by Crippen LogP contribution is -2.07. The van der Waals surface area contributed by atoms with E-state index < -0.39 is 0 Å². The Morgan fingerprint density at radius 3 is 2.62 bits per heavy atom. The molecule has 0 aliphatic heterocycles. The number of hydrogen-bond acceptors (Lipinski definition) is 2. The standard InChI is InChI=1S/C14H17NS/c1-10-8-11-6-5-7-15-13(11)12(9-10)16-14(2,3)4/h5-9H,1-4H3. The number of fused-ring (bicyclic) bond motifs is 1. The first-order chi connectivity index (χ1) is 7.46. The van der Waals surface area contributed by atoms with Gasteiger partial charge in [0.1, 0.15) is 0 Å². The van der Waals surface area contributed by atoms with E-state index in [0.717, 1.165) is 5.52 Å². The molecule has 2 aromatic rings. The molecule has 84 valence electrons. The number of pyridine rings is 1. The van der Waals surface area contributed by atoms with E-state index in [1.807, 2.05) is 24.0 Å². The summed E-state index contributed by atoms with van der Waals surface area (Å²) in [5.41, 5.74) is 2.42. The predicted octanol–water partition coefficient (Wildman–Crippen LogP) is 4.43. The Morgan fingerprint density at radius 1 is 1.19 bits per heavy atom. The van der Waals surface area contributed by atoms with E-state index in [-0.39, 0.29) is 4.75 Å². The normalized spacial score (nSPS) is 12.0. The maximum atomic E-state index is 4.49. The smallest absolute Gasteiger partial charge is 0.0838 e. The monoisotopic (exact) mass is 231 g/mol. The molecule has 0 atom stereocenters. The zero-order valence-electron chi connectivity index (χ0n) is 10.2. The van der Waals surface area contributed by atoms with Crippen molar-refractivity contribution in [3.8, 4) is 0 Å². The summed E-state index contributed by atoms with van der Waals surface area (Å²) >= 11 is 1.88. The van der Waals surface area contributed by atoms with Crippen LogP contribution in [-0.2, 0) is 0 Å². The summed E-state index contributed by atoms with van der Waals surface area (Å²) in [7, 11) is 0. The summed E-state index contributed by atoms with van der Waals surface area (Å²) in [6, 6.07) is 8.54. The summed E-state index contributed by atoms with van der Waals surface area (Å²) in [6.45, 7) is 8.83. The third-order valence-corrected chi connectivity index (χ3v) is 3.37. The van der Waals surface area contributed by atoms with Crippen LogP contribution in [-0.4, -0.2) is 9.73 Å². The van der Waals surface area contributed by atoms with Gasteiger partial charge in [0, 0.05) is 21.2 Å². The van der Waals surface area contributed by atoms with Gasteiger partial charge in [-0.25, -0.2) is 0 Å². The zero-order valence-corrected chi connectivity index (χ0v) is 11.1. The Bertz CT molecular complexity index is 512. The fourth-order valence-corrected chi connectivity index (χ4v) is 2.88. The highest BCUT2D eigenvalue weighted by Gasteiger charge is 2.14. The molecule has 0 radical (unpaired) electrons. The summed E-state index contributed by atoms with van der Waals surface area (Å²) < 4.78 is 0.220. The van der Waals surface area contributed by atoms with Crippen LogP contribution in [0.4, 0.5) is 0 Å². The molecule has 0 fully saturated rings. The van der Waals surface area contributed by atoms with Crippen LogP contribution in [0, 0.1) is 6.92 Å². The van der Waals surface area contributed by atoms with Crippen molar-refractivity contribution in [3.63, 3.8) is 0 Å². The molecule has 0 bridgehead atoms. The summed E-state index contributed by atoms with van der Waals surface area (Å²) in [6.07, 6.45) is 1.87. The van der Waals surface area contributed by atoms with E-state index in [2.05, 4.69) is 50.9 Å². The van der Waals surface area contributed by atoms with Crippen LogP contribution in [0.5, 0.6) is 0 Å². The van der Waals surface area contributed by atoms with Crippen molar-refractivity contribution in [2.24, 2.45) is 0 Å². The van der Waals surface area contributed by atoms with Crippen LogP contribution in [0.15, 0.2) is 35.4 Å². The van der Waals surface area contributed by atoms with Gasteiger partial charge in [0.15, 0.2) is 0 Å². The van der Waals surface area contributed by atoms with Crippen molar-refractivity contribution < 1.29 is 0 Å². The Morgan fingerprint density at radius 2 is 1.94 bits per heavy atom. The van der Waals surface area contributed by atoms with Crippen molar-refractivity contribution in [1.82, 2.24) is 4.98 Å². The first-order valence-corrected chi connectivity index (χ1v) is 6.32. The predicted molar refractivity (Wildman–Crippen MR) is 72.1 cm³/mol. The van der Waals surface area contributed by atoms with Gasteiger partial charge in [-0.1, -0.05) is 26.8 Å². The van der Waals surface area contributed by atoms with Crippen molar-refractivity contribution >= 4 is 22.7 Å². The Labute approximate surface area is 101 Å². The molecule has 0 aliphatic carbocycles. The van der Waals surface area contributed by atoms with Crippen molar-refractivity contribution in [2.75, 3.05) is 0 Å². The number of aryl methyl sites for hydroxylation is 1. The van der Waals surface area contributed by atoms with Gasteiger partial charge in [-0.2, -0.15) is 0 Å². The fraction of sp³-hybridized carbons (Fsp3) is 0.357. The van der Waals surface area contributed by atoms with E-state index in [4.69, 9.17) is 0 Å². The number of aromatic nitrogens is 1.